The highest BCUT2D eigenvalue weighted by Gasteiger charge is 2.36. The molecule has 0 bridgehead atoms. The van der Waals surface area contributed by atoms with E-state index in [0.29, 0.717) is 5.88 Å². The first-order chi connectivity index (χ1) is 15.4. The molecule has 32 heavy (non-hydrogen) atoms. The minimum Gasteiger partial charge on any atom is -0.479 e. The number of ether oxygens (including phenoxy) is 1. The Kier molecular flexibility index (Phi) is 5.00. The predicted octanol–water partition coefficient (Wildman–Crippen LogP) is 4.89. The van der Waals surface area contributed by atoms with Crippen LogP contribution in [0.4, 0.5) is 10.9 Å². The van der Waals surface area contributed by atoms with Crippen molar-refractivity contribution in [2.24, 2.45) is 0 Å². The van der Waals surface area contributed by atoms with Gasteiger partial charge in [-0.2, -0.15) is 5.10 Å². The number of rotatable bonds is 6. The number of pyridine rings is 1. The summed E-state index contributed by atoms with van der Waals surface area (Å²) in [6.45, 7) is 9.43. The first-order valence-electron chi connectivity index (χ1n) is 10.8. The largest absolute Gasteiger partial charge is 0.479 e. The summed E-state index contributed by atoms with van der Waals surface area (Å²) in [5.41, 5.74) is 5.99. The van der Waals surface area contributed by atoms with E-state index in [1.165, 1.54) is 11.3 Å². The molecular weight excluding hydrogens is 422 g/mol. The van der Waals surface area contributed by atoms with Gasteiger partial charge in [0.15, 0.2) is 5.13 Å². The maximum atomic E-state index is 5.55. The lowest BCUT2D eigenvalue weighted by Crippen LogP contribution is -2.14. The van der Waals surface area contributed by atoms with Crippen LogP contribution in [0.15, 0.2) is 30.0 Å². The Morgan fingerprint density at radius 2 is 2.06 bits per heavy atom. The standard InChI is InChI=1S/C23H27N7OS/c1-6-30-20(15-9-10-23(3,4)19(15)28-30)27-22-26-17(12-32-22)16-7-8-18(21(25-16)31-5)29-11-14(2)24-13-29/h7-8,11-13H,6,9-10H2,1-5H3,(H,26,27). The molecule has 5 rings (SSSR count). The van der Waals surface area contributed by atoms with Gasteiger partial charge in [-0.25, -0.2) is 19.6 Å². The Labute approximate surface area is 191 Å². The highest BCUT2D eigenvalue weighted by molar-refractivity contribution is 7.14. The van der Waals surface area contributed by atoms with Gasteiger partial charge in [0.1, 0.15) is 17.2 Å². The Balaban J connectivity index is 1.44. The zero-order valence-corrected chi connectivity index (χ0v) is 19.8. The van der Waals surface area contributed by atoms with Gasteiger partial charge in [-0.05, 0) is 38.8 Å². The second-order valence-electron chi connectivity index (χ2n) is 8.69. The summed E-state index contributed by atoms with van der Waals surface area (Å²) >= 11 is 1.57. The van der Waals surface area contributed by atoms with Crippen LogP contribution in [0.1, 0.15) is 44.1 Å². The lowest BCUT2D eigenvalue weighted by atomic mass is 9.91. The van der Waals surface area contributed by atoms with Crippen LogP contribution >= 0.6 is 11.3 Å². The third-order valence-electron chi connectivity index (χ3n) is 6.01. The quantitative estimate of drug-likeness (QED) is 0.451. The van der Waals surface area contributed by atoms with Crippen molar-refractivity contribution >= 4 is 22.3 Å². The molecule has 0 spiro atoms. The Morgan fingerprint density at radius 1 is 1.22 bits per heavy atom. The molecule has 0 fully saturated rings. The number of fused-ring (bicyclic) bond motifs is 1. The van der Waals surface area contributed by atoms with Crippen LogP contribution in [0.2, 0.25) is 0 Å². The number of hydrogen-bond donors (Lipinski definition) is 1. The van der Waals surface area contributed by atoms with Gasteiger partial charge in [-0.15, -0.1) is 11.3 Å². The van der Waals surface area contributed by atoms with Crippen LogP contribution < -0.4 is 10.1 Å². The van der Waals surface area contributed by atoms with Crippen LogP contribution in [-0.4, -0.2) is 36.4 Å². The molecule has 0 saturated heterocycles. The van der Waals surface area contributed by atoms with Gasteiger partial charge in [0.05, 0.1) is 30.5 Å². The first kappa shape index (κ1) is 20.7. The molecule has 8 nitrogen and oxygen atoms in total. The molecule has 1 N–H and O–H groups in total. The zero-order chi connectivity index (χ0) is 22.5. The third kappa shape index (κ3) is 3.46. The summed E-state index contributed by atoms with van der Waals surface area (Å²) in [7, 11) is 1.63. The summed E-state index contributed by atoms with van der Waals surface area (Å²) < 4.78 is 9.51. The topological polar surface area (TPSA) is 82.7 Å². The number of aryl methyl sites for hydroxylation is 2. The van der Waals surface area contributed by atoms with E-state index in [4.69, 9.17) is 19.8 Å². The van der Waals surface area contributed by atoms with Gasteiger partial charge in [0.2, 0.25) is 5.88 Å². The van der Waals surface area contributed by atoms with Gasteiger partial charge >= 0.3 is 0 Å². The van der Waals surface area contributed by atoms with E-state index in [2.05, 4.69) is 35.8 Å². The van der Waals surface area contributed by atoms with Crippen molar-refractivity contribution in [3.05, 3.63) is 47.0 Å². The van der Waals surface area contributed by atoms with Crippen molar-refractivity contribution in [2.75, 3.05) is 12.4 Å². The van der Waals surface area contributed by atoms with E-state index in [9.17, 15) is 0 Å². The van der Waals surface area contributed by atoms with Gasteiger partial charge in [-0.1, -0.05) is 13.8 Å². The van der Waals surface area contributed by atoms with E-state index in [1.807, 2.05) is 35.2 Å². The van der Waals surface area contributed by atoms with Crippen LogP contribution in [0.3, 0.4) is 0 Å². The number of methoxy groups -OCH3 is 1. The van der Waals surface area contributed by atoms with Gasteiger partial charge < -0.3 is 14.6 Å². The monoisotopic (exact) mass is 449 g/mol. The molecule has 0 saturated carbocycles. The Morgan fingerprint density at radius 3 is 2.78 bits per heavy atom. The highest BCUT2D eigenvalue weighted by atomic mass is 32.1. The normalized spacial score (nSPS) is 14.5. The molecule has 9 heteroatoms. The highest BCUT2D eigenvalue weighted by Crippen LogP contribution is 2.42. The van der Waals surface area contributed by atoms with Crippen molar-refractivity contribution in [2.45, 2.75) is 52.5 Å². The molecule has 4 heterocycles. The molecule has 0 aromatic carbocycles. The van der Waals surface area contributed by atoms with Crippen LogP contribution in [0, 0.1) is 6.92 Å². The predicted molar refractivity (Wildman–Crippen MR) is 126 cm³/mol. The zero-order valence-electron chi connectivity index (χ0n) is 19.0. The Hall–Kier alpha value is -3.20. The lowest BCUT2D eigenvalue weighted by molar-refractivity contribution is 0.396. The number of aromatic nitrogens is 6. The fraction of sp³-hybridized carbons (Fsp3) is 0.391. The molecule has 4 aromatic heterocycles. The maximum Gasteiger partial charge on any atom is 0.238 e. The summed E-state index contributed by atoms with van der Waals surface area (Å²) in [6, 6.07) is 3.94. The van der Waals surface area contributed by atoms with E-state index in [-0.39, 0.29) is 5.41 Å². The number of anilines is 2. The SMILES string of the molecule is CCn1nc2c(c1Nc1nc(-c3ccc(-n4cnc(C)c4)c(OC)n3)cs1)CCC2(C)C. The van der Waals surface area contributed by atoms with Crippen LogP contribution in [0.25, 0.3) is 17.1 Å². The van der Waals surface area contributed by atoms with Crippen LogP contribution in [-0.2, 0) is 18.4 Å². The van der Waals surface area contributed by atoms with Crippen molar-refractivity contribution < 1.29 is 4.74 Å². The number of thiazole rings is 1. The second-order valence-corrected chi connectivity index (χ2v) is 9.54. The van der Waals surface area contributed by atoms with Crippen molar-refractivity contribution in [1.29, 1.82) is 0 Å². The van der Waals surface area contributed by atoms with Gasteiger partial charge in [0.25, 0.3) is 0 Å². The molecule has 1 aliphatic carbocycles. The molecule has 166 valence electrons. The molecule has 0 radical (unpaired) electrons. The van der Waals surface area contributed by atoms with Gasteiger partial charge in [0, 0.05) is 29.1 Å². The second kappa shape index (κ2) is 7.74. The fourth-order valence-electron chi connectivity index (χ4n) is 4.23. The van der Waals surface area contributed by atoms with Gasteiger partial charge in [-0.3, -0.25) is 0 Å². The number of nitrogens with zero attached hydrogens (tertiary/aromatic N) is 6. The van der Waals surface area contributed by atoms with Crippen molar-refractivity contribution in [3.63, 3.8) is 0 Å². The Bertz CT molecular complexity index is 1280. The first-order valence-corrected chi connectivity index (χ1v) is 11.7. The number of nitrogens with one attached hydrogen (secondary N) is 1. The molecule has 0 aliphatic heterocycles. The fourth-order valence-corrected chi connectivity index (χ4v) is 4.93. The van der Waals surface area contributed by atoms with E-state index < -0.39 is 0 Å². The minimum atomic E-state index is 0.121. The summed E-state index contributed by atoms with van der Waals surface area (Å²) in [6.07, 6.45) is 5.87. The average Bonchev–Trinajstić information content (AvgIpc) is 3.55. The van der Waals surface area contributed by atoms with E-state index >= 15 is 0 Å². The van der Waals surface area contributed by atoms with Crippen LogP contribution in [0.5, 0.6) is 5.88 Å². The molecule has 1 aliphatic rings. The molecular formula is C23H27N7OS. The summed E-state index contributed by atoms with van der Waals surface area (Å²) in [5, 5.41) is 11.3. The minimum absolute atomic E-state index is 0.121. The molecule has 0 atom stereocenters. The number of imidazole rings is 1. The number of hydrogen-bond acceptors (Lipinski definition) is 7. The molecule has 4 aromatic rings. The van der Waals surface area contributed by atoms with E-state index in [0.717, 1.165) is 53.1 Å². The van der Waals surface area contributed by atoms with E-state index in [1.54, 1.807) is 24.8 Å². The summed E-state index contributed by atoms with van der Waals surface area (Å²) in [4.78, 5) is 13.8. The van der Waals surface area contributed by atoms with Crippen molar-refractivity contribution in [1.82, 2.24) is 29.3 Å². The average molecular weight is 450 g/mol. The third-order valence-corrected chi connectivity index (χ3v) is 6.76. The molecule has 0 amide bonds. The maximum absolute atomic E-state index is 5.55. The lowest BCUT2D eigenvalue weighted by Gasteiger charge is -2.15. The smallest absolute Gasteiger partial charge is 0.238 e. The summed E-state index contributed by atoms with van der Waals surface area (Å²) in [5.74, 6) is 1.59. The molecule has 0 unspecified atom stereocenters. The van der Waals surface area contributed by atoms with Crippen molar-refractivity contribution in [3.8, 4) is 23.0 Å².